The number of sulfonamides is 1. The van der Waals surface area contributed by atoms with Crippen molar-refractivity contribution in [1.82, 2.24) is 14.3 Å². The van der Waals surface area contributed by atoms with E-state index in [-0.39, 0.29) is 16.6 Å². The van der Waals surface area contributed by atoms with Crippen LogP contribution >= 0.6 is 0 Å². The number of aromatic nitrogens is 2. The highest BCUT2D eigenvalue weighted by atomic mass is 32.2. The van der Waals surface area contributed by atoms with E-state index in [1.165, 1.54) is 27.4 Å². The van der Waals surface area contributed by atoms with Crippen LogP contribution in [0.4, 0.5) is 5.69 Å². The number of allylic oxidation sites excluding steroid dienone is 1. The number of nitro benzene ring substituents is 1. The normalized spacial score (nSPS) is 14.1. The summed E-state index contributed by atoms with van der Waals surface area (Å²) in [5.74, 6) is 0.204. The average Bonchev–Trinajstić information content (AvgIpc) is 3.10. The van der Waals surface area contributed by atoms with Crippen LogP contribution < -0.4 is 4.74 Å². The minimum Gasteiger partial charge on any atom is -0.490 e. The number of methoxy groups -OCH3 is 1. The molecule has 0 spiro atoms. The van der Waals surface area contributed by atoms with Crippen molar-refractivity contribution >= 4 is 21.3 Å². The Morgan fingerprint density at radius 1 is 1.35 bits per heavy atom. The molecule has 0 saturated carbocycles. The molecule has 10 heteroatoms. The van der Waals surface area contributed by atoms with Gasteiger partial charge in [0.15, 0.2) is 5.75 Å². The molecule has 138 valence electrons. The lowest BCUT2D eigenvalue weighted by Crippen LogP contribution is -2.23. The van der Waals surface area contributed by atoms with Gasteiger partial charge in [-0.1, -0.05) is 6.08 Å². The molecule has 0 unspecified atom stereocenters. The van der Waals surface area contributed by atoms with Gasteiger partial charge in [-0.05, 0) is 30.5 Å². The van der Waals surface area contributed by atoms with Crippen molar-refractivity contribution < 1.29 is 18.1 Å². The first-order chi connectivity index (χ1) is 12.3. The SMILES string of the molecule is COc1ccc2c(c1[N+](=O)[O-])CCC=C2c1cnc(S(=O)(=O)N(C)C)[nH]1. The van der Waals surface area contributed by atoms with Crippen molar-refractivity contribution in [2.75, 3.05) is 21.2 Å². The Morgan fingerprint density at radius 2 is 2.08 bits per heavy atom. The number of benzene rings is 1. The van der Waals surface area contributed by atoms with Gasteiger partial charge in [0.05, 0.1) is 23.9 Å². The first kappa shape index (κ1) is 18.1. The van der Waals surface area contributed by atoms with Gasteiger partial charge < -0.3 is 9.72 Å². The van der Waals surface area contributed by atoms with Crippen LogP contribution in [0.2, 0.25) is 0 Å². The quantitative estimate of drug-likeness (QED) is 0.627. The van der Waals surface area contributed by atoms with Crippen LogP contribution in [0.15, 0.2) is 29.6 Å². The van der Waals surface area contributed by atoms with E-state index >= 15 is 0 Å². The van der Waals surface area contributed by atoms with E-state index < -0.39 is 14.9 Å². The fourth-order valence-corrected chi connectivity index (χ4v) is 3.73. The summed E-state index contributed by atoms with van der Waals surface area (Å²) in [6, 6.07) is 3.29. The van der Waals surface area contributed by atoms with E-state index in [9.17, 15) is 18.5 Å². The van der Waals surface area contributed by atoms with Crippen molar-refractivity contribution in [1.29, 1.82) is 0 Å². The maximum absolute atomic E-state index is 12.2. The van der Waals surface area contributed by atoms with E-state index in [0.29, 0.717) is 35.2 Å². The topological polar surface area (TPSA) is 118 Å². The highest BCUT2D eigenvalue weighted by Crippen LogP contribution is 2.40. The lowest BCUT2D eigenvalue weighted by atomic mass is 9.88. The zero-order valence-corrected chi connectivity index (χ0v) is 15.3. The Kier molecular flexibility index (Phi) is 4.55. The Balaban J connectivity index is 2.12. The summed E-state index contributed by atoms with van der Waals surface area (Å²) < 4.78 is 30.6. The fraction of sp³-hybridized carbons (Fsp3) is 0.312. The van der Waals surface area contributed by atoms with Crippen LogP contribution in [-0.4, -0.2) is 48.8 Å². The van der Waals surface area contributed by atoms with Gasteiger partial charge >= 0.3 is 5.69 Å². The number of hydrogen-bond donors (Lipinski definition) is 1. The maximum atomic E-state index is 12.2. The molecule has 0 radical (unpaired) electrons. The molecule has 0 atom stereocenters. The standard InChI is InChI=1S/C16H18N4O5S/c1-19(2)26(23,24)16-17-9-13(18-16)11-5-4-6-12-10(11)7-8-14(25-3)15(12)20(21)22/h5,7-9H,4,6H2,1-3H3,(H,17,18). The molecule has 0 amide bonds. The number of H-pyrrole nitrogens is 1. The van der Waals surface area contributed by atoms with Crippen molar-refractivity contribution in [2.45, 2.75) is 18.0 Å². The van der Waals surface area contributed by atoms with Gasteiger partial charge in [0.2, 0.25) is 5.16 Å². The molecule has 0 fully saturated rings. The van der Waals surface area contributed by atoms with Crippen LogP contribution in [-0.2, 0) is 16.4 Å². The smallest absolute Gasteiger partial charge is 0.314 e. The minimum absolute atomic E-state index is 0.0590. The van der Waals surface area contributed by atoms with E-state index in [4.69, 9.17) is 4.74 Å². The van der Waals surface area contributed by atoms with E-state index in [0.717, 1.165) is 4.31 Å². The van der Waals surface area contributed by atoms with Gasteiger partial charge in [0.25, 0.3) is 10.0 Å². The monoisotopic (exact) mass is 378 g/mol. The third-order valence-electron chi connectivity index (χ3n) is 4.25. The van der Waals surface area contributed by atoms with Crippen LogP contribution in [0.25, 0.3) is 5.57 Å². The highest BCUT2D eigenvalue weighted by Gasteiger charge is 2.29. The van der Waals surface area contributed by atoms with Crippen molar-refractivity contribution in [3.8, 4) is 5.75 Å². The lowest BCUT2D eigenvalue weighted by molar-refractivity contribution is -0.386. The Bertz CT molecular complexity index is 1010. The second kappa shape index (κ2) is 6.54. The van der Waals surface area contributed by atoms with Crippen molar-refractivity contribution in [2.24, 2.45) is 0 Å². The van der Waals surface area contributed by atoms with Gasteiger partial charge in [0, 0.05) is 25.2 Å². The number of fused-ring (bicyclic) bond motifs is 1. The van der Waals surface area contributed by atoms with Gasteiger partial charge in [-0.2, -0.15) is 0 Å². The Morgan fingerprint density at radius 3 is 2.69 bits per heavy atom. The lowest BCUT2D eigenvalue weighted by Gasteiger charge is -2.18. The molecule has 3 rings (SSSR count). The van der Waals surface area contributed by atoms with E-state index in [1.807, 2.05) is 6.08 Å². The summed E-state index contributed by atoms with van der Waals surface area (Å²) in [5.41, 5.74) is 2.35. The molecule has 1 aromatic heterocycles. The molecule has 0 bridgehead atoms. The molecule has 1 heterocycles. The number of ether oxygens (including phenoxy) is 1. The molecule has 2 aromatic rings. The molecule has 1 aliphatic carbocycles. The second-order valence-electron chi connectivity index (χ2n) is 5.95. The average molecular weight is 378 g/mol. The Labute approximate surface area is 150 Å². The molecule has 0 saturated heterocycles. The molecule has 9 nitrogen and oxygen atoms in total. The highest BCUT2D eigenvalue weighted by molar-refractivity contribution is 7.88. The number of imidazole rings is 1. The van der Waals surface area contributed by atoms with Gasteiger partial charge in [0.1, 0.15) is 0 Å². The summed E-state index contributed by atoms with van der Waals surface area (Å²) >= 11 is 0. The van der Waals surface area contributed by atoms with Crippen molar-refractivity contribution in [3.05, 3.63) is 51.3 Å². The molecule has 1 aromatic carbocycles. The summed E-state index contributed by atoms with van der Waals surface area (Å²) in [6.45, 7) is 0. The van der Waals surface area contributed by atoms with Crippen LogP contribution in [0.3, 0.4) is 0 Å². The summed E-state index contributed by atoms with van der Waals surface area (Å²) in [5, 5.41) is 11.3. The first-order valence-corrected chi connectivity index (χ1v) is 9.24. The predicted octanol–water partition coefficient (Wildman–Crippen LogP) is 1.95. The Hall–Kier alpha value is -2.72. The molecule has 26 heavy (non-hydrogen) atoms. The summed E-state index contributed by atoms with van der Waals surface area (Å²) in [4.78, 5) is 17.8. The summed E-state index contributed by atoms with van der Waals surface area (Å²) in [7, 11) is 0.535. The van der Waals surface area contributed by atoms with Gasteiger partial charge in [-0.3, -0.25) is 10.1 Å². The fourth-order valence-electron chi connectivity index (χ4n) is 2.95. The third-order valence-corrected chi connectivity index (χ3v) is 5.91. The van der Waals surface area contributed by atoms with Crippen molar-refractivity contribution in [3.63, 3.8) is 0 Å². The zero-order chi connectivity index (χ0) is 19.1. The predicted molar refractivity (Wildman–Crippen MR) is 94.5 cm³/mol. The molecule has 0 aliphatic heterocycles. The van der Waals surface area contributed by atoms with E-state index in [2.05, 4.69) is 9.97 Å². The van der Waals surface area contributed by atoms with Crippen LogP contribution in [0, 0.1) is 10.1 Å². The number of rotatable bonds is 5. The zero-order valence-electron chi connectivity index (χ0n) is 14.5. The van der Waals surface area contributed by atoms with Gasteiger partial charge in [-0.25, -0.2) is 17.7 Å². The molecule has 1 aliphatic rings. The first-order valence-electron chi connectivity index (χ1n) is 7.80. The summed E-state index contributed by atoms with van der Waals surface area (Å²) in [6.07, 6.45) is 4.43. The molecular weight excluding hydrogens is 360 g/mol. The van der Waals surface area contributed by atoms with Crippen LogP contribution in [0.1, 0.15) is 23.2 Å². The number of hydrogen-bond acceptors (Lipinski definition) is 6. The molecular formula is C16H18N4O5S. The number of nitrogens with zero attached hydrogens (tertiary/aromatic N) is 3. The number of aromatic amines is 1. The van der Waals surface area contributed by atoms with Gasteiger partial charge in [-0.15, -0.1) is 0 Å². The maximum Gasteiger partial charge on any atom is 0.314 e. The largest absolute Gasteiger partial charge is 0.490 e. The number of nitro groups is 1. The third kappa shape index (κ3) is 2.86. The molecule has 1 N–H and O–H groups in total. The van der Waals surface area contributed by atoms with E-state index in [1.54, 1.807) is 12.1 Å². The van der Waals surface area contributed by atoms with Crippen LogP contribution in [0.5, 0.6) is 5.75 Å². The second-order valence-corrected chi connectivity index (χ2v) is 8.01. The minimum atomic E-state index is -3.69. The number of nitrogens with one attached hydrogen (secondary N) is 1.